The molecule has 0 aromatic heterocycles. The summed E-state index contributed by atoms with van der Waals surface area (Å²) in [5.74, 6) is 0. The van der Waals surface area contributed by atoms with Gasteiger partial charge in [-0.2, -0.15) is 0 Å². The van der Waals surface area contributed by atoms with E-state index in [4.69, 9.17) is 0 Å². The molecule has 0 fully saturated rings. The molecule has 3 aromatic carbocycles. The summed E-state index contributed by atoms with van der Waals surface area (Å²) in [5, 5.41) is 2.85. The van der Waals surface area contributed by atoms with Crippen LogP contribution < -0.4 is 15.4 Å². The van der Waals surface area contributed by atoms with Crippen LogP contribution >= 0.6 is 0 Å². The zero-order chi connectivity index (χ0) is 22.8. The van der Waals surface area contributed by atoms with E-state index in [1.54, 1.807) is 0 Å². The Morgan fingerprint density at radius 3 is 1.64 bits per heavy atom. The molecule has 0 bridgehead atoms. The topological polar surface area (TPSA) is 12.0 Å². The van der Waals surface area contributed by atoms with Crippen molar-refractivity contribution in [2.24, 2.45) is 0 Å². The lowest BCUT2D eigenvalue weighted by Crippen LogP contribution is -2.71. The first-order valence-corrected chi connectivity index (χ1v) is 14.6. The minimum absolute atomic E-state index is 0.0176. The van der Waals surface area contributed by atoms with E-state index in [2.05, 4.69) is 127 Å². The molecular weight excluding hydrogens is 414 g/mol. The van der Waals surface area contributed by atoms with E-state index in [-0.39, 0.29) is 5.04 Å². The average Bonchev–Trinajstić information content (AvgIpc) is 3.36. The fraction of sp³-hybridized carbons (Fsp3) is 0.290. The molecule has 33 heavy (non-hydrogen) atoms. The van der Waals surface area contributed by atoms with Gasteiger partial charge in [0.25, 0.3) is 0 Å². The van der Waals surface area contributed by atoms with Crippen LogP contribution in [-0.2, 0) is 0 Å². The maximum Gasteiger partial charge on any atom is 0.232 e. The molecule has 0 saturated carbocycles. The first-order chi connectivity index (χ1) is 16.3. The average molecular weight is 452 g/mol. The van der Waals surface area contributed by atoms with Gasteiger partial charge in [-0.3, -0.25) is 0 Å². The summed E-state index contributed by atoms with van der Waals surface area (Å²) in [4.78, 5) is 4.21. The van der Waals surface area contributed by atoms with Crippen molar-refractivity contribution >= 4 is 24.3 Å². The number of hydrogen-bond donors (Lipinski definition) is 1. The Morgan fingerprint density at radius 2 is 1.09 bits per heavy atom. The summed E-state index contributed by atoms with van der Waals surface area (Å²) in [7, 11) is -2.50. The highest BCUT2D eigenvalue weighted by Crippen LogP contribution is 2.48. The summed E-state index contributed by atoms with van der Waals surface area (Å²) in [5.41, 5.74) is 1.20. The zero-order valence-electron chi connectivity index (χ0n) is 19.9. The lowest BCUT2D eigenvalue weighted by molar-refractivity contribution is 0.566. The van der Waals surface area contributed by atoms with Crippen LogP contribution in [0.2, 0.25) is 5.04 Å². The van der Waals surface area contributed by atoms with Crippen LogP contribution in [0.1, 0.15) is 51.9 Å². The molecule has 1 nitrogen and oxygen atoms in total. The Morgan fingerprint density at radius 1 is 0.606 bits per heavy atom. The van der Waals surface area contributed by atoms with Crippen molar-refractivity contribution in [2.75, 3.05) is 4.98 Å². The van der Waals surface area contributed by atoms with Crippen molar-refractivity contribution in [3.8, 4) is 0 Å². The molecular formula is C31H37NSi. The van der Waals surface area contributed by atoms with Crippen LogP contribution in [-0.4, -0.2) is 8.24 Å². The molecule has 0 amide bonds. The maximum absolute atomic E-state index is 4.21. The second-order valence-electron chi connectivity index (χ2n) is 9.25. The predicted octanol–water partition coefficient (Wildman–Crippen LogP) is 7.48. The predicted molar refractivity (Wildman–Crippen MR) is 147 cm³/mol. The van der Waals surface area contributed by atoms with E-state index in [0.29, 0.717) is 0 Å². The number of anilines is 1. The van der Waals surface area contributed by atoms with Gasteiger partial charge in [0.2, 0.25) is 8.24 Å². The molecule has 0 aliphatic heterocycles. The largest absolute Gasteiger partial charge is 0.403 e. The van der Waals surface area contributed by atoms with Gasteiger partial charge in [0, 0.05) is 10.7 Å². The summed E-state index contributed by atoms with van der Waals surface area (Å²) >= 11 is 0. The Kier molecular flexibility index (Phi) is 8.01. The number of benzene rings is 3. The van der Waals surface area contributed by atoms with Crippen LogP contribution in [0.5, 0.6) is 0 Å². The van der Waals surface area contributed by atoms with E-state index >= 15 is 0 Å². The highest BCUT2D eigenvalue weighted by molar-refractivity contribution is 7.07. The first kappa shape index (κ1) is 23.3. The van der Waals surface area contributed by atoms with Crippen molar-refractivity contribution in [3.63, 3.8) is 0 Å². The number of para-hydroxylation sites is 1. The molecule has 4 rings (SSSR count). The fourth-order valence-corrected chi connectivity index (χ4v) is 10.5. The maximum atomic E-state index is 4.21. The Bertz CT molecular complexity index is 973. The third-order valence-electron chi connectivity index (χ3n) is 7.06. The molecule has 1 aliphatic rings. The number of hydrogen-bond acceptors (Lipinski definition) is 1. The highest BCUT2D eigenvalue weighted by Gasteiger charge is 2.54. The zero-order valence-corrected chi connectivity index (χ0v) is 20.9. The lowest BCUT2D eigenvalue weighted by atomic mass is 10.0. The van der Waals surface area contributed by atoms with Gasteiger partial charge in [0.05, 0.1) is 0 Å². The van der Waals surface area contributed by atoms with Gasteiger partial charge in [0.15, 0.2) is 0 Å². The molecule has 1 N–H and O–H groups in total. The van der Waals surface area contributed by atoms with Crippen molar-refractivity contribution < 1.29 is 0 Å². The lowest BCUT2D eigenvalue weighted by Gasteiger charge is -2.47. The molecule has 0 heterocycles. The number of rotatable bonds is 12. The van der Waals surface area contributed by atoms with Crippen LogP contribution in [0.3, 0.4) is 0 Å². The van der Waals surface area contributed by atoms with E-state index in [0.717, 1.165) is 0 Å². The minimum Gasteiger partial charge on any atom is -0.403 e. The summed E-state index contributed by atoms with van der Waals surface area (Å²) in [6.45, 7) is 2.29. The van der Waals surface area contributed by atoms with Gasteiger partial charge >= 0.3 is 0 Å². The molecule has 0 atom stereocenters. The molecule has 0 unspecified atom stereocenters. The molecule has 0 saturated heterocycles. The third-order valence-corrected chi connectivity index (χ3v) is 12.1. The Labute approximate surface area is 201 Å². The van der Waals surface area contributed by atoms with Crippen molar-refractivity contribution in [1.82, 2.24) is 0 Å². The summed E-state index contributed by atoms with van der Waals surface area (Å²) in [6, 6.07) is 33.3. The Balaban J connectivity index is 1.81. The number of nitrogens with one attached hydrogen (secondary N) is 1. The van der Waals surface area contributed by atoms with E-state index in [9.17, 15) is 0 Å². The minimum atomic E-state index is -2.50. The van der Waals surface area contributed by atoms with Gasteiger partial charge in [-0.1, -0.05) is 149 Å². The molecule has 2 heteroatoms. The highest BCUT2D eigenvalue weighted by atomic mass is 28.3. The number of unbranched alkanes of at least 4 members (excludes halogenated alkanes) is 5. The quantitative estimate of drug-likeness (QED) is 0.222. The second-order valence-corrected chi connectivity index (χ2v) is 13.1. The summed E-state index contributed by atoms with van der Waals surface area (Å²) < 4.78 is 0. The van der Waals surface area contributed by atoms with Crippen molar-refractivity contribution in [1.29, 1.82) is 0 Å². The molecule has 170 valence electrons. The van der Waals surface area contributed by atoms with Crippen molar-refractivity contribution in [3.05, 3.63) is 115 Å². The van der Waals surface area contributed by atoms with E-state index < -0.39 is 8.24 Å². The van der Waals surface area contributed by atoms with Crippen LogP contribution in [0.25, 0.3) is 0 Å². The smallest absolute Gasteiger partial charge is 0.232 e. The SMILES string of the molecule is CCCCCCCCC1([Si](Nc2ccccc2)(c2ccccc2)c2ccccc2)C=CC=C1. The first-order valence-electron chi connectivity index (χ1n) is 12.6. The van der Waals surface area contributed by atoms with Gasteiger partial charge < -0.3 is 4.98 Å². The van der Waals surface area contributed by atoms with Gasteiger partial charge in [-0.15, -0.1) is 0 Å². The molecule has 0 radical (unpaired) electrons. The van der Waals surface area contributed by atoms with E-state index in [1.165, 1.54) is 61.0 Å². The second kappa shape index (κ2) is 11.3. The Hall–Kier alpha value is -2.84. The van der Waals surface area contributed by atoms with Gasteiger partial charge in [0.1, 0.15) is 0 Å². The van der Waals surface area contributed by atoms with Crippen LogP contribution in [0.15, 0.2) is 115 Å². The van der Waals surface area contributed by atoms with E-state index in [1.807, 2.05) is 0 Å². The number of allylic oxidation sites excluding steroid dienone is 4. The molecule has 0 spiro atoms. The van der Waals surface area contributed by atoms with Crippen LogP contribution in [0.4, 0.5) is 5.69 Å². The fourth-order valence-electron chi connectivity index (χ4n) is 5.39. The normalized spacial score (nSPS) is 14.5. The van der Waals surface area contributed by atoms with Gasteiger partial charge in [-0.05, 0) is 28.9 Å². The van der Waals surface area contributed by atoms with Crippen molar-refractivity contribution in [2.45, 2.75) is 56.9 Å². The molecule has 3 aromatic rings. The monoisotopic (exact) mass is 451 g/mol. The summed E-state index contributed by atoms with van der Waals surface area (Å²) in [6.07, 6.45) is 18.6. The third kappa shape index (κ3) is 5.07. The van der Waals surface area contributed by atoms with Gasteiger partial charge in [-0.25, -0.2) is 0 Å². The standard InChI is InChI=1S/C31H37NSi/c1-2-3-4-5-6-16-25-31(26-17-18-27-31)33(29-21-12-8-13-22-29,30-23-14-9-15-24-30)32-28-19-10-7-11-20-28/h7-15,17-24,26-27,32H,2-6,16,25H2,1H3. The molecule has 1 aliphatic carbocycles. The van der Waals surface area contributed by atoms with Crippen LogP contribution in [0, 0.1) is 0 Å².